The summed E-state index contributed by atoms with van der Waals surface area (Å²) in [6.07, 6.45) is -8.70. The predicted molar refractivity (Wildman–Crippen MR) is 29.0 cm³/mol. The van der Waals surface area contributed by atoms with Gasteiger partial charge in [0, 0.05) is 0 Å². The molecule has 0 radical (unpaired) electrons. The molecule has 14 heavy (non-hydrogen) atoms. The Labute approximate surface area is 105 Å². The van der Waals surface area contributed by atoms with Crippen molar-refractivity contribution in [3.05, 3.63) is 0 Å². The molecule has 10 heteroatoms. The van der Waals surface area contributed by atoms with E-state index in [-0.39, 0.29) is 37.7 Å². The summed E-state index contributed by atoms with van der Waals surface area (Å²) < 4.78 is 14.7. The summed E-state index contributed by atoms with van der Waals surface area (Å²) >= 11 is 0. The first-order chi connectivity index (χ1) is 5.93. The molecule has 1 heterocycles. The number of hydrogen-bond donors (Lipinski definition) is 0. The van der Waals surface area contributed by atoms with Crippen LogP contribution in [-0.2, 0) is 18.9 Å². The second-order valence-electron chi connectivity index (χ2n) is 1.66. The number of rotatable bonds is 2. The molecule has 0 aromatic heterocycles. The quantitative estimate of drug-likeness (QED) is 0.279. The third-order valence-electron chi connectivity index (χ3n) is 0.833. The first-order valence-corrected chi connectivity index (χ1v) is 2.65. The van der Waals surface area contributed by atoms with E-state index in [9.17, 15) is 24.6 Å². The zero-order chi connectivity index (χ0) is 10.1. The predicted octanol–water partition coefficient (Wildman–Crippen LogP) is -2.90. The van der Waals surface area contributed by atoms with Crippen LogP contribution in [0, 0.1) is 0 Å². The van der Waals surface area contributed by atoms with E-state index in [2.05, 4.69) is 18.9 Å². The fraction of sp³-hybridized carbons (Fsp3) is 0.250. The molecule has 72 valence electrons. The summed E-state index contributed by atoms with van der Waals surface area (Å²) in [5.74, 6) is 0. The van der Waals surface area contributed by atoms with Crippen molar-refractivity contribution >= 4 is 56.2 Å². The van der Waals surface area contributed by atoms with Crippen molar-refractivity contribution in [3.8, 4) is 0 Å². The van der Waals surface area contributed by atoms with Gasteiger partial charge >= 0.3 is 50.1 Å². The molecule has 9 nitrogen and oxygen atoms in total. The minimum Gasteiger partial charge on any atom is -0.458 e. The van der Waals surface area contributed by atoms with Crippen LogP contribution in [0.15, 0.2) is 0 Å². The normalized spacial score (nSPS) is 16.1. The molecule has 0 saturated carbocycles. The Hall–Kier alpha value is -0.930. The molecule has 0 aromatic rings. The van der Waals surface area contributed by atoms with Gasteiger partial charge in [-0.3, -0.25) is 0 Å². The Kier molecular flexibility index (Phi) is 4.23. The van der Waals surface area contributed by atoms with E-state index >= 15 is 0 Å². The smallest absolute Gasteiger partial charge is 0.458 e. The van der Waals surface area contributed by atoms with E-state index in [1.54, 1.807) is 0 Å². The van der Waals surface area contributed by atoms with E-state index in [0.29, 0.717) is 0 Å². The van der Waals surface area contributed by atoms with E-state index in [1.165, 1.54) is 0 Å². The summed E-state index contributed by atoms with van der Waals surface area (Å²) in [5, 5.41) is 19.6. The second-order valence-corrected chi connectivity index (χ2v) is 1.66. The second kappa shape index (κ2) is 4.53. The summed E-state index contributed by atoms with van der Waals surface area (Å²) in [6.45, 7) is 0. The molecule has 0 atom stereocenters. The van der Waals surface area contributed by atoms with Gasteiger partial charge in [-0.15, -0.1) is 0 Å². The Balaban J connectivity index is 0.00000169. The molecule has 1 rings (SSSR count). The van der Waals surface area contributed by atoms with E-state index in [4.69, 9.17) is 0 Å². The standard InChI is InChI=1S/C4H2O9.Ca/c5-1(6)10-4(11-2(7)8)12-3(9)13-4;/h(H,5,6)(H,7,8);/q;+2/p-2. The molecule has 0 N–H and O–H groups in total. The maximum atomic E-state index is 10.0. The molecule has 0 spiro atoms. The maximum absolute atomic E-state index is 10.0. The van der Waals surface area contributed by atoms with E-state index in [0.717, 1.165) is 0 Å². The summed E-state index contributed by atoms with van der Waals surface area (Å²) in [5.41, 5.74) is 0. The third kappa shape index (κ3) is 3.09. The Morgan fingerprint density at radius 3 is 1.71 bits per heavy atom. The van der Waals surface area contributed by atoms with Crippen molar-refractivity contribution in [3.63, 3.8) is 0 Å². The van der Waals surface area contributed by atoms with Crippen molar-refractivity contribution in [1.82, 2.24) is 0 Å². The van der Waals surface area contributed by atoms with E-state index < -0.39 is 24.6 Å². The first kappa shape index (κ1) is 13.1. The molecule has 1 fully saturated rings. The molecule has 1 saturated heterocycles. The first-order valence-electron chi connectivity index (χ1n) is 2.65. The molecule has 0 aliphatic carbocycles. The summed E-state index contributed by atoms with van der Waals surface area (Å²) in [6, 6.07) is 0. The van der Waals surface area contributed by atoms with Gasteiger partial charge in [-0.2, -0.15) is 0 Å². The number of carbonyl (C=O) groups is 3. The van der Waals surface area contributed by atoms with Gasteiger partial charge in [-0.05, 0) is 0 Å². The van der Waals surface area contributed by atoms with Gasteiger partial charge in [-0.1, -0.05) is 0 Å². The maximum Gasteiger partial charge on any atom is 2.00 e. The van der Waals surface area contributed by atoms with Crippen molar-refractivity contribution in [2.24, 2.45) is 0 Å². The Morgan fingerprint density at radius 1 is 1.14 bits per heavy atom. The number of carboxylic acid groups (broad SMARTS) is 2. The van der Waals surface area contributed by atoms with Crippen molar-refractivity contribution in [1.29, 1.82) is 0 Å². The van der Waals surface area contributed by atoms with Crippen LogP contribution in [-0.4, -0.2) is 62.4 Å². The summed E-state index contributed by atoms with van der Waals surface area (Å²) in [4.78, 5) is 29.6. The molecular weight excluding hydrogens is 232 g/mol. The van der Waals surface area contributed by atoms with Crippen LogP contribution in [0.4, 0.5) is 14.4 Å². The molecular formula is C4CaO9. The van der Waals surface area contributed by atoms with Gasteiger partial charge in [0.1, 0.15) is 0 Å². The molecule has 0 bridgehead atoms. The van der Waals surface area contributed by atoms with Crippen molar-refractivity contribution < 1.29 is 43.5 Å². The number of carbonyl (C=O) groups excluding carboxylic acids is 3. The van der Waals surface area contributed by atoms with E-state index in [1.807, 2.05) is 0 Å². The van der Waals surface area contributed by atoms with Gasteiger partial charge in [0.15, 0.2) is 0 Å². The molecule has 0 unspecified atom stereocenters. The monoisotopic (exact) mass is 232 g/mol. The van der Waals surface area contributed by atoms with Gasteiger partial charge in [0.25, 0.3) is 12.3 Å². The van der Waals surface area contributed by atoms with Crippen LogP contribution >= 0.6 is 0 Å². The Bertz CT molecular complexity index is 246. The molecule has 0 aromatic carbocycles. The average molecular weight is 232 g/mol. The van der Waals surface area contributed by atoms with Crippen molar-refractivity contribution in [2.45, 2.75) is 6.16 Å². The minimum atomic E-state index is -2.94. The van der Waals surface area contributed by atoms with Crippen LogP contribution in [0.25, 0.3) is 0 Å². The largest absolute Gasteiger partial charge is 2.00 e. The zero-order valence-corrected chi connectivity index (χ0v) is 8.59. The average Bonchev–Trinajstić information content (AvgIpc) is 1.79. The van der Waals surface area contributed by atoms with Crippen molar-refractivity contribution in [2.75, 3.05) is 0 Å². The minimum absolute atomic E-state index is 0. The summed E-state index contributed by atoms with van der Waals surface area (Å²) in [7, 11) is 0. The fourth-order valence-corrected chi connectivity index (χ4v) is 0.520. The van der Waals surface area contributed by atoms with Crippen LogP contribution in [0.5, 0.6) is 0 Å². The van der Waals surface area contributed by atoms with Gasteiger partial charge in [-0.25, -0.2) is 4.79 Å². The van der Waals surface area contributed by atoms with Gasteiger partial charge in [0.2, 0.25) is 0 Å². The van der Waals surface area contributed by atoms with Crippen LogP contribution in [0.2, 0.25) is 0 Å². The van der Waals surface area contributed by atoms with Crippen LogP contribution < -0.4 is 10.2 Å². The Morgan fingerprint density at radius 2 is 1.50 bits per heavy atom. The third-order valence-corrected chi connectivity index (χ3v) is 0.833. The van der Waals surface area contributed by atoms with Gasteiger partial charge in [0.05, 0.1) is 0 Å². The SMILES string of the molecule is O=C([O-])OC1(OC(=O)[O-])OC(=O)O1.[Ca+2]. The zero-order valence-electron chi connectivity index (χ0n) is 6.38. The number of ether oxygens (including phenoxy) is 4. The van der Waals surface area contributed by atoms with Crippen LogP contribution in [0.3, 0.4) is 0 Å². The van der Waals surface area contributed by atoms with Gasteiger partial charge < -0.3 is 38.7 Å². The van der Waals surface area contributed by atoms with Crippen LogP contribution in [0.1, 0.15) is 0 Å². The molecule has 1 aliphatic heterocycles. The topological polar surface area (TPSA) is 134 Å². The number of hydrogen-bond acceptors (Lipinski definition) is 9. The molecule has 1 aliphatic rings. The molecule has 0 amide bonds. The fourth-order valence-electron chi connectivity index (χ4n) is 0.520. The number of cyclic esters (lactones) is 2.